The summed E-state index contributed by atoms with van der Waals surface area (Å²) in [5.74, 6) is 2.14. The number of ether oxygens (including phenoxy) is 1. The average Bonchev–Trinajstić information content (AvgIpc) is 3.48. The van der Waals surface area contributed by atoms with E-state index in [0.29, 0.717) is 11.3 Å². The summed E-state index contributed by atoms with van der Waals surface area (Å²) in [6, 6.07) is 16.1. The summed E-state index contributed by atoms with van der Waals surface area (Å²) in [6.07, 6.45) is 9.67. The molecule has 0 radical (unpaired) electrons. The maximum atomic E-state index is 12.4. The molecule has 1 amide bonds. The van der Waals surface area contributed by atoms with Crippen molar-refractivity contribution in [3.05, 3.63) is 91.2 Å². The number of pyridine rings is 1. The fourth-order valence-corrected chi connectivity index (χ4v) is 5.96. The molecule has 1 fully saturated rings. The van der Waals surface area contributed by atoms with Crippen LogP contribution in [0.15, 0.2) is 79.9 Å². The van der Waals surface area contributed by atoms with Crippen molar-refractivity contribution < 1.29 is 9.53 Å². The van der Waals surface area contributed by atoms with Crippen LogP contribution in [0.4, 0.5) is 11.5 Å². The van der Waals surface area contributed by atoms with Gasteiger partial charge in [0.2, 0.25) is 5.91 Å². The molecule has 204 valence electrons. The van der Waals surface area contributed by atoms with Gasteiger partial charge in [0.25, 0.3) is 0 Å². The Kier molecular flexibility index (Phi) is 6.00. The van der Waals surface area contributed by atoms with Crippen LogP contribution in [-0.4, -0.2) is 47.4 Å². The zero-order valence-corrected chi connectivity index (χ0v) is 22.9. The Morgan fingerprint density at radius 2 is 1.98 bits per heavy atom. The van der Waals surface area contributed by atoms with Crippen LogP contribution in [0.25, 0.3) is 27.6 Å². The van der Waals surface area contributed by atoms with Crippen LogP contribution >= 0.6 is 0 Å². The molecule has 7 rings (SSSR count). The molecule has 1 N–H and O–H groups in total. The van der Waals surface area contributed by atoms with E-state index in [1.807, 2.05) is 72.0 Å². The van der Waals surface area contributed by atoms with Gasteiger partial charge in [-0.15, -0.1) is 0 Å². The molecule has 41 heavy (non-hydrogen) atoms. The summed E-state index contributed by atoms with van der Waals surface area (Å²) in [5.41, 5.74) is 7.30. The van der Waals surface area contributed by atoms with Crippen LogP contribution in [0.1, 0.15) is 30.5 Å². The third-order valence-corrected chi connectivity index (χ3v) is 8.00. The Labute approximate surface area is 237 Å². The lowest BCUT2D eigenvalue weighted by molar-refractivity contribution is -0.128. The molecular formula is C32H29N7O2. The number of anilines is 2. The van der Waals surface area contributed by atoms with Crippen molar-refractivity contribution in [3.8, 4) is 11.5 Å². The van der Waals surface area contributed by atoms with Crippen molar-refractivity contribution in [2.45, 2.75) is 38.3 Å². The van der Waals surface area contributed by atoms with E-state index in [-0.39, 0.29) is 18.0 Å². The van der Waals surface area contributed by atoms with E-state index in [1.54, 1.807) is 12.7 Å². The van der Waals surface area contributed by atoms with Crippen molar-refractivity contribution >= 4 is 45.1 Å². The van der Waals surface area contributed by atoms with Gasteiger partial charge in [0.15, 0.2) is 5.82 Å². The van der Waals surface area contributed by atoms with Gasteiger partial charge in [0.05, 0.1) is 34.6 Å². The molecule has 0 spiro atoms. The first-order valence-electron chi connectivity index (χ1n) is 13.7. The number of hydrogen-bond acceptors (Lipinski definition) is 7. The van der Waals surface area contributed by atoms with Crippen molar-refractivity contribution in [3.63, 3.8) is 0 Å². The summed E-state index contributed by atoms with van der Waals surface area (Å²) in [6.45, 7) is 5.68. The van der Waals surface area contributed by atoms with Crippen LogP contribution in [0.5, 0.6) is 11.5 Å². The second-order valence-corrected chi connectivity index (χ2v) is 10.6. The second-order valence-electron chi connectivity index (χ2n) is 10.6. The van der Waals surface area contributed by atoms with Crippen LogP contribution in [0, 0.1) is 6.92 Å². The quantitative estimate of drug-likeness (QED) is 0.259. The second kappa shape index (κ2) is 9.85. The molecule has 1 saturated heterocycles. The van der Waals surface area contributed by atoms with E-state index in [1.165, 1.54) is 6.08 Å². The zero-order chi connectivity index (χ0) is 28.1. The Morgan fingerprint density at radius 1 is 1.07 bits per heavy atom. The number of aryl methyl sites for hydroxylation is 2. The van der Waals surface area contributed by atoms with Gasteiger partial charge in [-0.25, -0.2) is 19.9 Å². The van der Waals surface area contributed by atoms with Gasteiger partial charge >= 0.3 is 0 Å². The van der Waals surface area contributed by atoms with Gasteiger partial charge in [0.1, 0.15) is 23.3 Å². The van der Waals surface area contributed by atoms with Crippen LogP contribution < -0.4 is 10.1 Å². The molecule has 5 heterocycles. The van der Waals surface area contributed by atoms with Crippen molar-refractivity contribution in [1.29, 1.82) is 0 Å². The normalized spacial score (nSPS) is 18.0. The number of rotatable bonds is 6. The number of hydrogen-bond donors (Lipinski definition) is 1. The number of nitrogens with zero attached hydrogens (tertiary/aromatic N) is 6. The summed E-state index contributed by atoms with van der Waals surface area (Å²) >= 11 is 0. The summed E-state index contributed by atoms with van der Waals surface area (Å²) < 4.78 is 8.17. The predicted molar refractivity (Wildman–Crippen MR) is 159 cm³/mol. The highest BCUT2D eigenvalue weighted by atomic mass is 16.5. The highest BCUT2D eigenvalue weighted by Crippen LogP contribution is 2.39. The minimum atomic E-state index is 0.000130. The fraction of sp³-hybridized carbons (Fsp3) is 0.219. The molecule has 9 heteroatoms. The van der Waals surface area contributed by atoms with Crippen molar-refractivity contribution in [2.24, 2.45) is 7.05 Å². The standard InChI is InChI=1S/C32H29N7O2/c1-4-30(40)39-22-6-7-23(39)15-20(14-22)25-9-10-26-31(37-25)32(34-17-33-26)36-21-5-12-29(19(2)13-21)41-24-8-11-28-27(16-24)35-18-38(28)3/h4-5,8-14,16-18,22-23H,1,6-7,15H2,2-3H3,(H,33,34,36). The Hall–Kier alpha value is -5.05. The first-order valence-corrected chi connectivity index (χ1v) is 13.7. The number of nitrogens with one attached hydrogen (secondary N) is 1. The minimum Gasteiger partial charge on any atom is -0.457 e. The van der Waals surface area contributed by atoms with Crippen LogP contribution in [0.2, 0.25) is 0 Å². The Bertz CT molecular complexity index is 1880. The first-order chi connectivity index (χ1) is 20.0. The molecule has 5 aromatic rings. The topological polar surface area (TPSA) is 98.1 Å². The maximum absolute atomic E-state index is 12.4. The first kappa shape index (κ1) is 25.0. The molecule has 0 aliphatic carbocycles. The van der Waals surface area contributed by atoms with Gasteiger partial charge in [-0.3, -0.25) is 4.79 Å². The number of carbonyl (C=O) groups is 1. The fourth-order valence-electron chi connectivity index (χ4n) is 5.96. The summed E-state index contributed by atoms with van der Waals surface area (Å²) in [5, 5.41) is 3.43. The Morgan fingerprint density at radius 3 is 2.80 bits per heavy atom. The van der Waals surface area contributed by atoms with Gasteiger partial charge in [-0.05, 0) is 85.9 Å². The van der Waals surface area contributed by atoms with E-state index >= 15 is 0 Å². The molecule has 2 atom stereocenters. The number of carbonyl (C=O) groups excluding carboxylic acids is 1. The average molecular weight is 544 g/mol. The minimum absolute atomic E-state index is 0.000130. The van der Waals surface area contributed by atoms with Gasteiger partial charge in [-0.1, -0.05) is 12.7 Å². The highest BCUT2D eigenvalue weighted by molar-refractivity contribution is 5.90. The third-order valence-electron chi connectivity index (χ3n) is 8.00. The number of aromatic nitrogens is 5. The van der Waals surface area contributed by atoms with Gasteiger partial charge < -0.3 is 19.5 Å². The van der Waals surface area contributed by atoms with Gasteiger partial charge in [0, 0.05) is 24.8 Å². The van der Waals surface area contributed by atoms with Crippen molar-refractivity contribution in [1.82, 2.24) is 29.4 Å². The number of benzene rings is 2. The van der Waals surface area contributed by atoms with E-state index in [2.05, 4.69) is 32.9 Å². The van der Waals surface area contributed by atoms with E-state index in [4.69, 9.17) is 9.72 Å². The Balaban J connectivity index is 1.14. The zero-order valence-electron chi connectivity index (χ0n) is 22.9. The van der Waals surface area contributed by atoms with Gasteiger partial charge in [-0.2, -0.15) is 0 Å². The summed E-state index contributed by atoms with van der Waals surface area (Å²) in [4.78, 5) is 32.7. The molecule has 2 aliphatic rings. The van der Waals surface area contributed by atoms with Crippen LogP contribution in [0.3, 0.4) is 0 Å². The van der Waals surface area contributed by atoms with Crippen LogP contribution in [-0.2, 0) is 11.8 Å². The lowest BCUT2D eigenvalue weighted by atomic mass is 9.97. The molecule has 9 nitrogen and oxygen atoms in total. The van der Waals surface area contributed by atoms with E-state index in [9.17, 15) is 4.79 Å². The monoisotopic (exact) mass is 543 g/mol. The maximum Gasteiger partial charge on any atom is 0.246 e. The largest absolute Gasteiger partial charge is 0.457 e. The molecule has 0 saturated carbocycles. The molecule has 2 aromatic carbocycles. The summed E-state index contributed by atoms with van der Waals surface area (Å²) in [7, 11) is 1.97. The highest BCUT2D eigenvalue weighted by Gasteiger charge is 2.39. The van der Waals surface area contributed by atoms with E-state index < -0.39 is 0 Å². The molecule has 2 bridgehead atoms. The number of amides is 1. The molecule has 2 unspecified atom stereocenters. The third kappa shape index (κ3) is 4.49. The van der Waals surface area contributed by atoms with E-state index in [0.717, 1.165) is 69.8 Å². The number of imidazole rings is 1. The SMILES string of the molecule is C=CC(=O)N1C2C=C(c3ccc4ncnc(Nc5ccc(Oc6ccc7c(c6)ncn7C)c(C)c5)c4n3)CC1CC2. The molecule has 3 aromatic heterocycles. The lowest BCUT2D eigenvalue weighted by Gasteiger charge is -2.33. The molecule has 2 aliphatic heterocycles. The lowest BCUT2D eigenvalue weighted by Crippen LogP contribution is -2.42. The van der Waals surface area contributed by atoms with Crippen molar-refractivity contribution in [2.75, 3.05) is 5.32 Å². The predicted octanol–water partition coefficient (Wildman–Crippen LogP) is 6.09. The number of fused-ring (bicyclic) bond motifs is 4. The smallest absolute Gasteiger partial charge is 0.246 e. The molecular weight excluding hydrogens is 514 g/mol.